The van der Waals surface area contributed by atoms with E-state index >= 15 is 0 Å². The summed E-state index contributed by atoms with van der Waals surface area (Å²) in [7, 11) is 0. The minimum Gasteiger partial charge on any atom is -0.385 e. The Labute approximate surface area is 93.1 Å². The Bertz CT molecular complexity index is 203. The summed E-state index contributed by atoms with van der Waals surface area (Å²) in [6.07, 6.45) is 4.79. The topological polar surface area (TPSA) is 37.3 Å². The van der Waals surface area contributed by atoms with E-state index in [4.69, 9.17) is 0 Å². The molecule has 0 saturated heterocycles. The van der Waals surface area contributed by atoms with E-state index in [-0.39, 0.29) is 17.6 Å². The van der Waals surface area contributed by atoms with Gasteiger partial charge >= 0.3 is 0 Å². The predicted octanol–water partition coefficient (Wildman–Crippen LogP) is 2.79. The molecule has 2 nitrogen and oxygen atoms in total. The van der Waals surface area contributed by atoms with Crippen LogP contribution >= 0.6 is 0 Å². The largest absolute Gasteiger partial charge is 0.385 e. The van der Waals surface area contributed by atoms with Crippen LogP contribution in [0.1, 0.15) is 52.9 Å². The van der Waals surface area contributed by atoms with Crippen LogP contribution in [0.3, 0.4) is 0 Å². The van der Waals surface area contributed by atoms with Crippen molar-refractivity contribution in [3.05, 3.63) is 0 Å². The molecule has 0 aromatic rings. The molecule has 1 N–H and O–H groups in total. The lowest BCUT2D eigenvalue weighted by Crippen LogP contribution is -2.34. The Morgan fingerprint density at radius 3 is 2.20 bits per heavy atom. The van der Waals surface area contributed by atoms with Crippen LogP contribution in [-0.2, 0) is 4.79 Å². The van der Waals surface area contributed by atoms with Gasteiger partial charge in [0.25, 0.3) is 0 Å². The molecule has 0 heterocycles. The molecule has 0 aromatic heterocycles. The van der Waals surface area contributed by atoms with Crippen molar-refractivity contribution in [2.45, 2.75) is 59.0 Å². The quantitative estimate of drug-likeness (QED) is 0.778. The van der Waals surface area contributed by atoms with Gasteiger partial charge in [-0.3, -0.25) is 4.79 Å². The summed E-state index contributed by atoms with van der Waals surface area (Å²) >= 11 is 0. The summed E-state index contributed by atoms with van der Waals surface area (Å²) in [4.78, 5) is 11.9. The molecule has 0 aromatic carbocycles. The van der Waals surface area contributed by atoms with E-state index in [1.54, 1.807) is 0 Å². The monoisotopic (exact) mass is 212 g/mol. The van der Waals surface area contributed by atoms with Crippen LogP contribution in [0.15, 0.2) is 0 Å². The zero-order chi connectivity index (χ0) is 11.4. The molecular formula is C13H24O2. The van der Waals surface area contributed by atoms with Gasteiger partial charge in [-0.15, -0.1) is 0 Å². The first-order valence-electron chi connectivity index (χ1n) is 6.28. The number of aliphatic hydroxyl groups excluding tert-OH is 1. The van der Waals surface area contributed by atoms with Gasteiger partial charge < -0.3 is 5.11 Å². The molecule has 0 bridgehead atoms. The minimum absolute atomic E-state index is 0.0569. The van der Waals surface area contributed by atoms with Crippen LogP contribution < -0.4 is 0 Å². The Hall–Kier alpha value is -0.370. The van der Waals surface area contributed by atoms with Crippen LogP contribution in [0.25, 0.3) is 0 Å². The highest BCUT2D eigenvalue weighted by Gasteiger charge is 2.30. The van der Waals surface area contributed by atoms with Gasteiger partial charge in [0.05, 0.1) is 0 Å². The third-order valence-electron chi connectivity index (χ3n) is 3.75. The first-order chi connectivity index (χ1) is 7.06. The average molecular weight is 212 g/mol. The zero-order valence-electron chi connectivity index (χ0n) is 10.2. The van der Waals surface area contributed by atoms with Crippen molar-refractivity contribution in [3.8, 4) is 0 Å². The third kappa shape index (κ3) is 3.30. The van der Waals surface area contributed by atoms with Crippen molar-refractivity contribution < 1.29 is 9.90 Å². The lowest BCUT2D eigenvalue weighted by molar-refractivity contribution is -0.134. The smallest absolute Gasteiger partial charge is 0.164 e. The molecule has 15 heavy (non-hydrogen) atoms. The van der Waals surface area contributed by atoms with Crippen LogP contribution in [0.5, 0.6) is 0 Å². The maximum absolute atomic E-state index is 11.9. The van der Waals surface area contributed by atoms with Crippen LogP contribution in [-0.4, -0.2) is 17.0 Å². The maximum atomic E-state index is 11.9. The minimum atomic E-state index is -0.742. The van der Waals surface area contributed by atoms with E-state index in [0.717, 1.165) is 31.6 Å². The summed E-state index contributed by atoms with van der Waals surface area (Å²) in [5.41, 5.74) is 0. The average Bonchev–Trinajstić information content (AvgIpc) is 2.27. The van der Waals surface area contributed by atoms with Gasteiger partial charge in [-0.05, 0) is 37.5 Å². The Balaban J connectivity index is 2.42. The van der Waals surface area contributed by atoms with E-state index < -0.39 is 6.10 Å². The Morgan fingerprint density at radius 2 is 1.80 bits per heavy atom. The van der Waals surface area contributed by atoms with Gasteiger partial charge in [0.1, 0.15) is 6.10 Å². The number of aliphatic hydroxyl groups is 1. The standard InChI is InChI=1S/C13H24O2/c1-4-10-5-7-11(8-6-10)13(15)12(14)9(2)3/h9-12,14H,4-8H2,1-3H3. The van der Waals surface area contributed by atoms with Gasteiger partial charge in [-0.1, -0.05) is 27.2 Å². The number of Topliss-reactive ketones (excluding diaryl/α,β-unsaturated/α-hetero) is 1. The SMILES string of the molecule is CCC1CCC(C(=O)C(O)C(C)C)CC1. The molecule has 88 valence electrons. The van der Waals surface area contributed by atoms with Gasteiger partial charge in [0.2, 0.25) is 0 Å². The van der Waals surface area contributed by atoms with Gasteiger partial charge in [0.15, 0.2) is 5.78 Å². The van der Waals surface area contributed by atoms with Crippen molar-refractivity contribution in [1.82, 2.24) is 0 Å². The molecule has 1 atom stereocenters. The molecule has 0 aliphatic heterocycles. The van der Waals surface area contributed by atoms with Crippen LogP contribution in [0, 0.1) is 17.8 Å². The zero-order valence-corrected chi connectivity index (χ0v) is 10.2. The Kier molecular flexibility index (Phi) is 4.78. The van der Waals surface area contributed by atoms with E-state index in [1.165, 1.54) is 6.42 Å². The molecule has 1 saturated carbocycles. The number of hydrogen-bond donors (Lipinski definition) is 1. The Morgan fingerprint density at radius 1 is 1.27 bits per heavy atom. The number of carbonyl (C=O) groups excluding carboxylic acids is 1. The second-order valence-corrected chi connectivity index (χ2v) is 5.22. The molecule has 1 fully saturated rings. The molecule has 1 aliphatic rings. The first-order valence-corrected chi connectivity index (χ1v) is 6.28. The first kappa shape index (κ1) is 12.7. The summed E-state index contributed by atoms with van der Waals surface area (Å²) in [6, 6.07) is 0. The molecule has 1 unspecified atom stereocenters. The van der Waals surface area contributed by atoms with Crippen LogP contribution in [0.4, 0.5) is 0 Å². The lowest BCUT2D eigenvalue weighted by atomic mass is 9.77. The normalized spacial score (nSPS) is 29.1. The summed E-state index contributed by atoms with van der Waals surface area (Å²) in [5.74, 6) is 1.08. The number of carbonyl (C=O) groups is 1. The van der Waals surface area contributed by atoms with Crippen molar-refractivity contribution >= 4 is 5.78 Å². The van der Waals surface area contributed by atoms with Crippen molar-refractivity contribution in [2.75, 3.05) is 0 Å². The number of hydrogen-bond acceptors (Lipinski definition) is 2. The molecule has 0 radical (unpaired) electrons. The molecular weight excluding hydrogens is 188 g/mol. The number of rotatable bonds is 4. The molecule has 2 heteroatoms. The summed E-state index contributed by atoms with van der Waals surface area (Å²) in [5, 5.41) is 9.72. The molecule has 0 amide bonds. The van der Waals surface area contributed by atoms with Gasteiger partial charge in [-0.25, -0.2) is 0 Å². The van der Waals surface area contributed by atoms with Gasteiger partial charge in [0, 0.05) is 5.92 Å². The predicted molar refractivity (Wildman–Crippen MR) is 61.6 cm³/mol. The van der Waals surface area contributed by atoms with E-state index in [2.05, 4.69) is 6.92 Å². The second kappa shape index (κ2) is 5.64. The summed E-state index contributed by atoms with van der Waals surface area (Å²) < 4.78 is 0. The van der Waals surface area contributed by atoms with Crippen molar-refractivity contribution in [1.29, 1.82) is 0 Å². The van der Waals surface area contributed by atoms with E-state index in [1.807, 2.05) is 13.8 Å². The molecule has 1 rings (SSSR count). The molecule has 1 aliphatic carbocycles. The summed E-state index contributed by atoms with van der Waals surface area (Å²) in [6.45, 7) is 6.02. The highest BCUT2D eigenvalue weighted by atomic mass is 16.3. The fraction of sp³-hybridized carbons (Fsp3) is 0.923. The fourth-order valence-corrected chi connectivity index (χ4v) is 2.43. The van der Waals surface area contributed by atoms with Crippen molar-refractivity contribution in [2.24, 2.45) is 17.8 Å². The third-order valence-corrected chi connectivity index (χ3v) is 3.75. The maximum Gasteiger partial charge on any atom is 0.164 e. The van der Waals surface area contributed by atoms with Crippen molar-refractivity contribution in [3.63, 3.8) is 0 Å². The highest BCUT2D eigenvalue weighted by Crippen LogP contribution is 2.32. The second-order valence-electron chi connectivity index (χ2n) is 5.22. The lowest BCUT2D eigenvalue weighted by Gasteiger charge is -2.28. The number of ketones is 1. The fourth-order valence-electron chi connectivity index (χ4n) is 2.43. The van der Waals surface area contributed by atoms with E-state index in [0.29, 0.717) is 0 Å². The van der Waals surface area contributed by atoms with Crippen LogP contribution in [0.2, 0.25) is 0 Å². The van der Waals surface area contributed by atoms with E-state index in [9.17, 15) is 9.90 Å². The highest BCUT2D eigenvalue weighted by molar-refractivity contribution is 5.85. The molecule has 0 spiro atoms. The van der Waals surface area contributed by atoms with Gasteiger partial charge in [-0.2, -0.15) is 0 Å².